The number of piperazine rings is 1. The van der Waals surface area contributed by atoms with Gasteiger partial charge in [0, 0.05) is 30.2 Å². The fourth-order valence-corrected chi connectivity index (χ4v) is 3.41. The molecule has 2 amide bonds. The number of rotatable bonds is 4. The van der Waals surface area contributed by atoms with Crippen molar-refractivity contribution in [2.24, 2.45) is 0 Å². The fraction of sp³-hybridized carbons (Fsp3) is 0.136. The van der Waals surface area contributed by atoms with Crippen LogP contribution in [-0.4, -0.2) is 28.2 Å². The van der Waals surface area contributed by atoms with Crippen LogP contribution in [0.4, 0.5) is 10.1 Å². The molecule has 0 N–H and O–H groups in total. The Balaban J connectivity index is 1.74. The number of benzene rings is 2. The molecule has 1 aliphatic heterocycles. The van der Waals surface area contributed by atoms with Gasteiger partial charge in [0.15, 0.2) is 0 Å². The van der Waals surface area contributed by atoms with Crippen LogP contribution in [0, 0.1) is 5.82 Å². The number of nitrogens with zero attached hydrogens (tertiary/aromatic N) is 3. The van der Waals surface area contributed by atoms with E-state index in [9.17, 15) is 14.0 Å². The van der Waals surface area contributed by atoms with E-state index in [1.165, 1.54) is 15.9 Å². The van der Waals surface area contributed by atoms with E-state index in [1.807, 2.05) is 18.2 Å². The molecule has 2 aromatic carbocycles. The second-order valence-electron chi connectivity index (χ2n) is 6.56. The third-order valence-corrected chi connectivity index (χ3v) is 4.81. The molecule has 1 atom stereocenters. The molecule has 4 rings (SSSR count). The number of anilines is 1. The Bertz CT molecular complexity index is 995. The van der Waals surface area contributed by atoms with Crippen LogP contribution >= 0.6 is 0 Å². The molecule has 28 heavy (non-hydrogen) atoms. The van der Waals surface area contributed by atoms with Gasteiger partial charge < -0.3 is 9.80 Å². The number of amides is 2. The van der Waals surface area contributed by atoms with Crippen LogP contribution < -0.4 is 4.90 Å². The third kappa shape index (κ3) is 3.36. The van der Waals surface area contributed by atoms with Crippen LogP contribution in [0.15, 0.2) is 79.1 Å². The number of aromatic nitrogens is 1. The summed E-state index contributed by atoms with van der Waals surface area (Å²) in [6.45, 7) is -0.0637. The molecule has 0 saturated carbocycles. The Morgan fingerprint density at radius 2 is 1.61 bits per heavy atom. The molecule has 140 valence electrons. The van der Waals surface area contributed by atoms with Crippen molar-refractivity contribution in [3.05, 3.63) is 96.1 Å². The highest BCUT2D eigenvalue weighted by atomic mass is 19.1. The van der Waals surface area contributed by atoms with E-state index in [4.69, 9.17) is 0 Å². The second kappa shape index (κ2) is 7.60. The molecule has 0 aliphatic carbocycles. The average Bonchev–Trinajstić information content (AvgIpc) is 2.73. The van der Waals surface area contributed by atoms with Crippen molar-refractivity contribution in [3.63, 3.8) is 0 Å². The summed E-state index contributed by atoms with van der Waals surface area (Å²) in [6.07, 6.45) is 3.16. The molecule has 1 aromatic heterocycles. The molecule has 0 spiro atoms. The summed E-state index contributed by atoms with van der Waals surface area (Å²) in [5, 5.41) is 0. The number of carbonyl (C=O) groups excluding carboxylic acids is 2. The maximum atomic E-state index is 14.2. The first kappa shape index (κ1) is 17.9. The van der Waals surface area contributed by atoms with Crippen LogP contribution in [0.1, 0.15) is 17.2 Å². The van der Waals surface area contributed by atoms with Gasteiger partial charge in [-0.25, -0.2) is 4.39 Å². The largest absolute Gasteiger partial charge is 0.321 e. The predicted octanol–water partition coefficient (Wildman–Crippen LogP) is 3.34. The zero-order chi connectivity index (χ0) is 19.5. The first-order chi connectivity index (χ1) is 13.6. The average molecular weight is 375 g/mol. The van der Waals surface area contributed by atoms with Crippen molar-refractivity contribution >= 4 is 17.5 Å². The van der Waals surface area contributed by atoms with Gasteiger partial charge in [0.25, 0.3) is 5.91 Å². The standard InChI is InChI=1S/C22H18FN3O2/c23-19-9-5-4-6-17(19)14-26-20(27)15-25(18-7-2-1-3-8-18)22(28)21(26)16-10-12-24-13-11-16/h1-13,21H,14-15H2/t21-/m1/s1. The van der Waals surface area contributed by atoms with E-state index >= 15 is 0 Å². The molecular weight excluding hydrogens is 357 g/mol. The molecule has 0 unspecified atom stereocenters. The summed E-state index contributed by atoms with van der Waals surface area (Å²) in [4.78, 5) is 33.3. The summed E-state index contributed by atoms with van der Waals surface area (Å²) in [5.74, 6) is -0.872. The van der Waals surface area contributed by atoms with Gasteiger partial charge in [0.05, 0.1) is 0 Å². The van der Waals surface area contributed by atoms with Crippen molar-refractivity contribution in [2.45, 2.75) is 12.6 Å². The van der Waals surface area contributed by atoms with E-state index in [-0.39, 0.29) is 24.9 Å². The van der Waals surface area contributed by atoms with Gasteiger partial charge >= 0.3 is 0 Å². The first-order valence-electron chi connectivity index (χ1n) is 8.94. The molecule has 2 heterocycles. The summed E-state index contributed by atoms with van der Waals surface area (Å²) in [6, 6.07) is 17.9. The molecule has 5 nitrogen and oxygen atoms in total. The van der Waals surface area contributed by atoms with Crippen molar-refractivity contribution < 1.29 is 14.0 Å². The van der Waals surface area contributed by atoms with E-state index in [0.29, 0.717) is 16.8 Å². The number of hydrogen-bond donors (Lipinski definition) is 0. The van der Waals surface area contributed by atoms with Crippen LogP contribution in [0.25, 0.3) is 0 Å². The zero-order valence-corrected chi connectivity index (χ0v) is 15.0. The SMILES string of the molecule is O=C1[C@@H](c2ccncc2)N(Cc2ccccc2F)C(=O)CN1c1ccccc1. The summed E-state index contributed by atoms with van der Waals surface area (Å²) >= 11 is 0. The Morgan fingerprint density at radius 3 is 2.32 bits per heavy atom. The van der Waals surface area contributed by atoms with Gasteiger partial charge in [0.1, 0.15) is 18.4 Å². The summed E-state index contributed by atoms with van der Waals surface area (Å²) < 4.78 is 14.2. The van der Waals surface area contributed by atoms with Gasteiger partial charge in [0.2, 0.25) is 5.91 Å². The van der Waals surface area contributed by atoms with Crippen molar-refractivity contribution in [1.82, 2.24) is 9.88 Å². The molecule has 0 bridgehead atoms. The molecule has 0 radical (unpaired) electrons. The number of carbonyl (C=O) groups is 2. The summed E-state index contributed by atoms with van der Waals surface area (Å²) in [7, 11) is 0. The van der Waals surface area contributed by atoms with E-state index in [0.717, 1.165) is 0 Å². The second-order valence-corrected chi connectivity index (χ2v) is 6.56. The van der Waals surface area contributed by atoms with Crippen molar-refractivity contribution in [1.29, 1.82) is 0 Å². The van der Waals surface area contributed by atoms with Gasteiger partial charge in [-0.3, -0.25) is 14.6 Å². The van der Waals surface area contributed by atoms with Crippen molar-refractivity contribution in [3.8, 4) is 0 Å². The molecular formula is C22H18FN3O2. The number of para-hydroxylation sites is 1. The minimum Gasteiger partial charge on any atom is -0.321 e. The Hall–Kier alpha value is -3.54. The molecule has 3 aromatic rings. The maximum absolute atomic E-state index is 14.2. The molecule has 6 heteroatoms. The minimum absolute atomic E-state index is 0.0207. The Labute approximate surface area is 162 Å². The molecule has 1 saturated heterocycles. The van der Waals surface area contributed by atoms with Gasteiger partial charge in [-0.2, -0.15) is 0 Å². The van der Waals surface area contributed by atoms with Crippen LogP contribution in [0.2, 0.25) is 0 Å². The zero-order valence-electron chi connectivity index (χ0n) is 15.0. The molecule has 1 fully saturated rings. The van der Waals surface area contributed by atoms with Gasteiger partial charge in [-0.1, -0.05) is 36.4 Å². The third-order valence-electron chi connectivity index (χ3n) is 4.81. The number of pyridine rings is 1. The topological polar surface area (TPSA) is 53.5 Å². The smallest absolute Gasteiger partial charge is 0.254 e. The molecule has 1 aliphatic rings. The van der Waals surface area contributed by atoms with Gasteiger partial charge in [-0.05, 0) is 35.9 Å². The Kier molecular flexibility index (Phi) is 4.85. The highest BCUT2D eigenvalue weighted by Gasteiger charge is 2.41. The minimum atomic E-state index is -0.843. The lowest BCUT2D eigenvalue weighted by molar-refractivity contribution is -0.144. The van der Waals surface area contributed by atoms with Crippen LogP contribution in [-0.2, 0) is 16.1 Å². The normalized spacial score (nSPS) is 17.1. The lowest BCUT2D eigenvalue weighted by atomic mass is 10.0. The monoisotopic (exact) mass is 375 g/mol. The van der Waals surface area contributed by atoms with E-state index in [1.54, 1.807) is 54.9 Å². The van der Waals surface area contributed by atoms with Crippen LogP contribution in [0.5, 0.6) is 0 Å². The van der Waals surface area contributed by atoms with E-state index < -0.39 is 11.9 Å². The summed E-state index contributed by atoms with van der Waals surface area (Å²) in [5.41, 5.74) is 1.67. The first-order valence-corrected chi connectivity index (χ1v) is 8.94. The lowest BCUT2D eigenvalue weighted by Crippen LogP contribution is -2.55. The highest BCUT2D eigenvalue weighted by Crippen LogP contribution is 2.31. The lowest BCUT2D eigenvalue weighted by Gasteiger charge is -2.40. The van der Waals surface area contributed by atoms with Crippen molar-refractivity contribution in [2.75, 3.05) is 11.4 Å². The van der Waals surface area contributed by atoms with Gasteiger partial charge in [-0.15, -0.1) is 0 Å². The number of hydrogen-bond acceptors (Lipinski definition) is 3. The fourth-order valence-electron chi connectivity index (χ4n) is 3.41. The maximum Gasteiger partial charge on any atom is 0.254 e. The number of halogens is 1. The Morgan fingerprint density at radius 1 is 0.929 bits per heavy atom. The van der Waals surface area contributed by atoms with Crippen LogP contribution in [0.3, 0.4) is 0 Å². The highest BCUT2D eigenvalue weighted by molar-refractivity contribution is 6.06. The quantitative estimate of drug-likeness (QED) is 0.703. The van der Waals surface area contributed by atoms with E-state index in [2.05, 4.69) is 4.98 Å². The predicted molar refractivity (Wildman–Crippen MR) is 103 cm³/mol.